The van der Waals surface area contributed by atoms with Crippen molar-refractivity contribution in [1.29, 1.82) is 0 Å². The third-order valence-electron chi connectivity index (χ3n) is 1.62. The van der Waals surface area contributed by atoms with Crippen LogP contribution in [-0.2, 0) is 0 Å². The van der Waals surface area contributed by atoms with Crippen molar-refractivity contribution in [2.24, 2.45) is 0 Å². The van der Waals surface area contributed by atoms with E-state index in [4.69, 9.17) is 0 Å². The molecule has 0 aliphatic heterocycles. The summed E-state index contributed by atoms with van der Waals surface area (Å²) in [4.78, 5) is 0. The fourth-order valence-electron chi connectivity index (χ4n) is 0.944. The molecular weight excluding hydrogens is 148 g/mol. The largest absolute Gasteiger partial charge is 0.311 e. The van der Waals surface area contributed by atoms with Gasteiger partial charge in [0.25, 0.3) is 0 Å². The maximum atomic E-state index is 3.64. The Balaban J connectivity index is 2.53. The zero-order chi connectivity index (χ0) is 8.81. The van der Waals surface area contributed by atoms with Crippen LogP contribution in [-0.4, -0.2) is 13.6 Å². The average Bonchev–Trinajstić information content (AvgIpc) is 2.15. The van der Waals surface area contributed by atoms with Gasteiger partial charge < -0.3 is 5.01 Å². The highest BCUT2D eigenvalue weighted by Crippen LogP contribution is 2.07. The summed E-state index contributed by atoms with van der Waals surface area (Å²) >= 11 is 0. The fraction of sp³-hybridized carbons (Fsp3) is 0.200. The minimum Gasteiger partial charge on any atom is -0.311 e. The molecule has 0 fully saturated rings. The number of nitrogens with zero attached hydrogens (tertiary/aromatic N) is 1. The van der Waals surface area contributed by atoms with E-state index in [0.717, 1.165) is 12.2 Å². The lowest BCUT2D eigenvalue weighted by atomic mass is 10.3. The zero-order valence-electron chi connectivity index (χ0n) is 7.33. The third kappa shape index (κ3) is 2.40. The second-order valence-corrected chi connectivity index (χ2v) is 2.55. The lowest BCUT2D eigenvalue weighted by Gasteiger charge is -2.18. The summed E-state index contributed by atoms with van der Waals surface area (Å²) in [6.45, 7) is 4.42. The number of hydrogen-bond acceptors (Lipinski definition) is 2. The van der Waals surface area contributed by atoms with E-state index in [1.807, 2.05) is 36.3 Å². The van der Waals surface area contributed by atoms with Gasteiger partial charge in [-0.15, -0.1) is 6.58 Å². The SMILES string of the molecule is C=CCNN(C)c1ccccc1. The second-order valence-electron chi connectivity index (χ2n) is 2.55. The molecule has 1 aromatic carbocycles. The van der Waals surface area contributed by atoms with Gasteiger partial charge in [0.2, 0.25) is 0 Å². The van der Waals surface area contributed by atoms with Crippen LogP contribution in [0.4, 0.5) is 5.69 Å². The summed E-state index contributed by atoms with van der Waals surface area (Å²) in [6.07, 6.45) is 1.83. The van der Waals surface area contributed by atoms with Crippen molar-refractivity contribution in [3.63, 3.8) is 0 Å². The van der Waals surface area contributed by atoms with Crippen LogP contribution in [0.2, 0.25) is 0 Å². The van der Waals surface area contributed by atoms with Crippen molar-refractivity contribution in [2.45, 2.75) is 0 Å². The maximum Gasteiger partial charge on any atom is 0.0516 e. The highest BCUT2D eigenvalue weighted by Gasteiger charge is 1.94. The van der Waals surface area contributed by atoms with Gasteiger partial charge >= 0.3 is 0 Å². The minimum absolute atomic E-state index is 0.783. The Kier molecular flexibility index (Phi) is 3.35. The van der Waals surface area contributed by atoms with Crippen molar-refractivity contribution in [2.75, 3.05) is 18.6 Å². The van der Waals surface area contributed by atoms with Gasteiger partial charge in [-0.1, -0.05) is 24.3 Å². The van der Waals surface area contributed by atoms with E-state index in [-0.39, 0.29) is 0 Å². The van der Waals surface area contributed by atoms with Crippen LogP contribution in [0.15, 0.2) is 43.0 Å². The molecule has 0 amide bonds. The molecule has 0 saturated carbocycles. The Morgan fingerprint density at radius 2 is 2.08 bits per heavy atom. The molecule has 0 spiro atoms. The quantitative estimate of drug-likeness (QED) is 0.536. The molecule has 0 aromatic heterocycles. The first kappa shape index (κ1) is 8.81. The summed E-state index contributed by atoms with van der Waals surface area (Å²) in [7, 11) is 1.98. The van der Waals surface area contributed by atoms with E-state index in [0.29, 0.717) is 0 Å². The summed E-state index contributed by atoms with van der Waals surface area (Å²) < 4.78 is 0. The number of anilines is 1. The molecule has 64 valence electrons. The zero-order valence-corrected chi connectivity index (χ0v) is 7.33. The van der Waals surface area contributed by atoms with Gasteiger partial charge in [0, 0.05) is 13.6 Å². The van der Waals surface area contributed by atoms with Gasteiger partial charge in [-0.25, -0.2) is 5.43 Å². The smallest absolute Gasteiger partial charge is 0.0516 e. The Labute approximate surface area is 73.5 Å². The molecule has 12 heavy (non-hydrogen) atoms. The van der Waals surface area contributed by atoms with Gasteiger partial charge in [-0.05, 0) is 12.1 Å². The standard InChI is InChI=1S/C10H14N2/c1-3-9-11-12(2)10-7-5-4-6-8-10/h3-8,11H,1,9H2,2H3. The van der Waals surface area contributed by atoms with Gasteiger partial charge in [0.05, 0.1) is 5.69 Å². The predicted octanol–water partition coefficient (Wildman–Crippen LogP) is 1.81. The summed E-state index contributed by atoms with van der Waals surface area (Å²) in [6, 6.07) is 10.1. The molecule has 0 saturated heterocycles. The molecule has 0 radical (unpaired) electrons. The van der Waals surface area contributed by atoms with Gasteiger partial charge in [0.15, 0.2) is 0 Å². The van der Waals surface area contributed by atoms with Crippen molar-refractivity contribution in [3.05, 3.63) is 43.0 Å². The van der Waals surface area contributed by atoms with Crippen LogP contribution in [0.1, 0.15) is 0 Å². The number of rotatable bonds is 4. The van der Waals surface area contributed by atoms with E-state index in [2.05, 4.69) is 24.1 Å². The number of benzene rings is 1. The first-order chi connectivity index (χ1) is 5.84. The monoisotopic (exact) mass is 162 g/mol. The summed E-state index contributed by atoms with van der Waals surface area (Å²) in [5.41, 5.74) is 4.32. The van der Waals surface area contributed by atoms with E-state index in [1.165, 1.54) is 0 Å². The lowest BCUT2D eigenvalue weighted by molar-refractivity contribution is 0.740. The summed E-state index contributed by atoms with van der Waals surface area (Å²) in [5.74, 6) is 0. The van der Waals surface area contributed by atoms with Crippen LogP contribution < -0.4 is 10.4 Å². The average molecular weight is 162 g/mol. The van der Waals surface area contributed by atoms with E-state index < -0.39 is 0 Å². The molecule has 0 aliphatic carbocycles. The molecule has 1 N–H and O–H groups in total. The lowest BCUT2D eigenvalue weighted by Crippen LogP contribution is -2.34. The molecule has 0 bridgehead atoms. The number of para-hydroxylation sites is 1. The summed E-state index contributed by atoms with van der Waals surface area (Å²) in [5, 5.41) is 1.97. The van der Waals surface area contributed by atoms with E-state index in [9.17, 15) is 0 Å². The molecule has 1 rings (SSSR count). The minimum atomic E-state index is 0.783. The molecule has 2 nitrogen and oxygen atoms in total. The van der Waals surface area contributed by atoms with Crippen LogP contribution >= 0.6 is 0 Å². The first-order valence-corrected chi connectivity index (χ1v) is 3.98. The van der Waals surface area contributed by atoms with Crippen LogP contribution in [0.5, 0.6) is 0 Å². The first-order valence-electron chi connectivity index (χ1n) is 3.98. The molecule has 0 heterocycles. The van der Waals surface area contributed by atoms with Crippen molar-refractivity contribution in [1.82, 2.24) is 5.43 Å². The molecule has 2 heteroatoms. The highest BCUT2D eigenvalue weighted by atomic mass is 15.5. The molecule has 1 aromatic rings. The Morgan fingerprint density at radius 1 is 1.42 bits per heavy atom. The van der Waals surface area contributed by atoms with Crippen LogP contribution in [0.3, 0.4) is 0 Å². The Morgan fingerprint density at radius 3 is 2.67 bits per heavy atom. The van der Waals surface area contributed by atoms with Gasteiger partial charge in [-0.3, -0.25) is 0 Å². The van der Waals surface area contributed by atoms with Gasteiger partial charge in [0.1, 0.15) is 0 Å². The predicted molar refractivity (Wildman–Crippen MR) is 53.0 cm³/mol. The van der Waals surface area contributed by atoms with E-state index in [1.54, 1.807) is 0 Å². The third-order valence-corrected chi connectivity index (χ3v) is 1.62. The normalized spacial score (nSPS) is 9.42. The highest BCUT2D eigenvalue weighted by molar-refractivity contribution is 5.43. The second kappa shape index (κ2) is 4.57. The van der Waals surface area contributed by atoms with Crippen molar-refractivity contribution in [3.8, 4) is 0 Å². The topological polar surface area (TPSA) is 15.3 Å². The molecule has 0 unspecified atom stereocenters. The number of nitrogens with one attached hydrogen (secondary N) is 1. The fourth-order valence-corrected chi connectivity index (χ4v) is 0.944. The molecule has 0 atom stereocenters. The van der Waals surface area contributed by atoms with E-state index >= 15 is 0 Å². The Hall–Kier alpha value is -1.28. The molecular formula is C10H14N2. The Bertz CT molecular complexity index is 231. The van der Waals surface area contributed by atoms with Crippen LogP contribution in [0, 0.1) is 0 Å². The van der Waals surface area contributed by atoms with Crippen molar-refractivity contribution >= 4 is 5.69 Å². The molecule has 0 aliphatic rings. The van der Waals surface area contributed by atoms with Crippen LogP contribution in [0.25, 0.3) is 0 Å². The number of hydrazine groups is 1. The maximum absolute atomic E-state index is 3.64. The number of hydrogen-bond donors (Lipinski definition) is 1. The van der Waals surface area contributed by atoms with Gasteiger partial charge in [-0.2, -0.15) is 0 Å². The van der Waals surface area contributed by atoms with Crippen molar-refractivity contribution < 1.29 is 0 Å².